The maximum atomic E-state index is 9.43. The lowest BCUT2D eigenvalue weighted by molar-refractivity contribution is 0.0885. The second-order valence-electron chi connectivity index (χ2n) is 3.44. The van der Waals surface area contributed by atoms with Gasteiger partial charge in [-0.3, -0.25) is 4.90 Å². The summed E-state index contributed by atoms with van der Waals surface area (Å²) in [5.41, 5.74) is 8.11. The SMILES string of the molecule is C[C@H](O)[C@@H]1CCCN1CCN=[N+]=[N-]. The number of aliphatic hydroxyl groups is 1. The number of hydrogen-bond donors (Lipinski definition) is 1. The van der Waals surface area contributed by atoms with E-state index in [-0.39, 0.29) is 12.1 Å². The van der Waals surface area contributed by atoms with E-state index in [4.69, 9.17) is 5.53 Å². The first-order chi connectivity index (χ1) is 6.25. The normalized spacial score (nSPS) is 25.5. The van der Waals surface area contributed by atoms with Crippen LogP contribution in [0.15, 0.2) is 5.11 Å². The van der Waals surface area contributed by atoms with Crippen molar-refractivity contribution < 1.29 is 5.11 Å². The molecule has 1 aliphatic rings. The molecule has 0 spiro atoms. The van der Waals surface area contributed by atoms with Crippen LogP contribution in [0.5, 0.6) is 0 Å². The van der Waals surface area contributed by atoms with Gasteiger partial charge in [0.1, 0.15) is 0 Å². The molecule has 0 saturated carbocycles. The molecule has 1 N–H and O–H groups in total. The highest BCUT2D eigenvalue weighted by atomic mass is 16.3. The molecule has 0 aliphatic carbocycles. The third-order valence-electron chi connectivity index (χ3n) is 2.52. The largest absolute Gasteiger partial charge is 0.392 e. The van der Waals surface area contributed by atoms with Gasteiger partial charge in [0.15, 0.2) is 0 Å². The van der Waals surface area contributed by atoms with E-state index in [0.717, 1.165) is 25.9 Å². The standard InChI is InChI=1S/C8H16N4O/c1-7(13)8-3-2-5-12(8)6-4-10-11-9/h7-8,13H,2-6H2,1H3/t7-,8-/m0/s1. The number of aliphatic hydroxyl groups excluding tert-OH is 1. The van der Waals surface area contributed by atoms with Crippen LogP contribution in [0.3, 0.4) is 0 Å². The van der Waals surface area contributed by atoms with Crippen LogP contribution < -0.4 is 0 Å². The van der Waals surface area contributed by atoms with Crippen molar-refractivity contribution in [1.29, 1.82) is 0 Å². The van der Waals surface area contributed by atoms with Crippen LogP contribution >= 0.6 is 0 Å². The summed E-state index contributed by atoms with van der Waals surface area (Å²) in [6.45, 7) is 4.09. The van der Waals surface area contributed by atoms with Gasteiger partial charge in [0.05, 0.1) is 6.10 Å². The van der Waals surface area contributed by atoms with Crippen molar-refractivity contribution in [2.45, 2.75) is 31.9 Å². The summed E-state index contributed by atoms with van der Waals surface area (Å²) >= 11 is 0. The lowest BCUT2D eigenvalue weighted by Gasteiger charge is -2.25. The first kappa shape index (κ1) is 10.3. The van der Waals surface area contributed by atoms with Crippen LogP contribution in [0, 0.1) is 0 Å². The van der Waals surface area contributed by atoms with Crippen LogP contribution in [0.4, 0.5) is 0 Å². The molecule has 74 valence electrons. The number of likely N-dealkylation sites (tertiary alicyclic amines) is 1. The van der Waals surface area contributed by atoms with Crippen LogP contribution in [0.1, 0.15) is 19.8 Å². The molecular weight excluding hydrogens is 168 g/mol. The molecule has 0 aromatic rings. The van der Waals surface area contributed by atoms with Gasteiger partial charge < -0.3 is 5.11 Å². The van der Waals surface area contributed by atoms with E-state index in [1.165, 1.54) is 0 Å². The maximum absolute atomic E-state index is 9.43. The van der Waals surface area contributed by atoms with E-state index in [1.54, 1.807) is 0 Å². The summed E-state index contributed by atoms with van der Waals surface area (Å²) < 4.78 is 0. The lowest BCUT2D eigenvalue weighted by atomic mass is 10.1. The molecule has 0 radical (unpaired) electrons. The predicted octanol–water partition coefficient (Wildman–Crippen LogP) is 1.14. The van der Waals surface area contributed by atoms with Crippen molar-refractivity contribution in [2.75, 3.05) is 19.6 Å². The van der Waals surface area contributed by atoms with Gasteiger partial charge in [0.2, 0.25) is 0 Å². The Hall–Kier alpha value is -0.770. The molecule has 0 unspecified atom stereocenters. The number of rotatable bonds is 4. The first-order valence-corrected chi connectivity index (χ1v) is 4.68. The molecular formula is C8H16N4O. The molecule has 5 heteroatoms. The summed E-state index contributed by atoms with van der Waals surface area (Å²) in [5, 5.41) is 12.9. The molecule has 5 nitrogen and oxygen atoms in total. The first-order valence-electron chi connectivity index (χ1n) is 4.68. The Bertz CT molecular complexity index is 200. The minimum absolute atomic E-state index is 0.258. The Morgan fingerprint density at radius 1 is 1.77 bits per heavy atom. The molecule has 1 fully saturated rings. The average molecular weight is 184 g/mol. The van der Waals surface area contributed by atoms with Crippen molar-refractivity contribution in [3.8, 4) is 0 Å². The number of azide groups is 1. The summed E-state index contributed by atoms with van der Waals surface area (Å²) in [5.74, 6) is 0. The van der Waals surface area contributed by atoms with Gasteiger partial charge in [-0.05, 0) is 31.8 Å². The van der Waals surface area contributed by atoms with E-state index >= 15 is 0 Å². The Morgan fingerprint density at radius 3 is 3.15 bits per heavy atom. The molecule has 2 atom stereocenters. The second-order valence-corrected chi connectivity index (χ2v) is 3.44. The van der Waals surface area contributed by atoms with Gasteiger partial charge in [-0.1, -0.05) is 5.11 Å². The fourth-order valence-electron chi connectivity index (χ4n) is 1.89. The molecule has 0 amide bonds. The Balaban J connectivity index is 2.35. The molecule has 0 aromatic carbocycles. The van der Waals surface area contributed by atoms with E-state index in [1.807, 2.05) is 6.92 Å². The molecule has 1 heterocycles. The number of hydrogen-bond acceptors (Lipinski definition) is 3. The summed E-state index contributed by atoms with van der Waals surface area (Å²) in [4.78, 5) is 4.90. The van der Waals surface area contributed by atoms with Crippen molar-refractivity contribution in [1.82, 2.24) is 4.90 Å². The van der Waals surface area contributed by atoms with E-state index in [9.17, 15) is 5.11 Å². The van der Waals surface area contributed by atoms with Crippen LogP contribution in [0.25, 0.3) is 10.4 Å². The highest BCUT2D eigenvalue weighted by Crippen LogP contribution is 2.19. The maximum Gasteiger partial charge on any atom is 0.0667 e. The fourth-order valence-corrected chi connectivity index (χ4v) is 1.89. The Morgan fingerprint density at radius 2 is 2.54 bits per heavy atom. The smallest absolute Gasteiger partial charge is 0.0667 e. The quantitative estimate of drug-likeness (QED) is 0.404. The Kier molecular flexibility index (Phi) is 4.02. The minimum Gasteiger partial charge on any atom is -0.392 e. The van der Waals surface area contributed by atoms with E-state index in [2.05, 4.69) is 14.9 Å². The van der Waals surface area contributed by atoms with Crippen molar-refractivity contribution in [3.05, 3.63) is 10.4 Å². The third-order valence-corrected chi connectivity index (χ3v) is 2.52. The zero-order chi connectivity index (χ0) is 9.68. The Labute approximate surface area is 78.0 Å². The van der Waals surface area contributed by atoms with Gasteiger partial charge in [0.25, 0.3) is 0 Å². The zero-order valence-corrected chi connectivity index (χ0v) is 7.93. The molecule has 0 aromatic heterocycles. The van der Waals surface area contributed by atoms with Crippen molar-refractivity contribution in [3.63, 3.8) is 0 Å². The van der Waals surface area contributed by atoms with Crippen molar-refractivity contribution in [2.24, 2.45) is 5.11 Å². The fraction of sp³-hybridized carbons (Fsp3) is 1.00. The van der Waals surface area contributed by atoms with Gasteiger partial charge >= 0.3 is 0 Å². The van der Waals surface area contributed by atoms with Crippen molar-refractivity contribution >= 4 is 0 Å². The third kappa shape index (κ3) is 2.88. The topological polar surface area (TPSA) is 72.2 Å². The van der Waals surface area contributed by atoms with Gasteiger partial charge in [-0.25, -0.2) is 0 Å². The summed E-state index contributed by atoms with van der Waals surface area (Å²) in [6.07, 6.45) is 1.90. The van der Waals surface area contributed by atoms with Gasteiger partial charge in [-0.15, -0.1) is 0 Å². The summed E-state index contributed by atoms with van der Waals surface area (Å²) in [7, 11) is 0. The average Bonchev–Trinajstić information content (AvgIpc) is 2.53. The van der Waals surface area contributed by atoms with Crippen LogP contribution in [-0.4, -0.2) is 41.8 Å². The predicted molar refractivity (Wildman–Crippen MR) is 50.3 cm³/mol. The summed E-state index contributed by atoms with van der Waals surface area (Å²) in [6, 6.07) is 0.258. The molecule has 1 rings (SSSR count). The van der Waals surface area contributed by atoms with Crippen LogP contribution in [-0.2, 0) is 0 Å². The number of nitrogens with zero attached hydrogens (tertiary/aromatic N) is 4. The molecule has 13 heavy (non-hydrogen) atoms. The minimum atomic E-state index is -0.284. The highest BCUT2D eigenvalue weighted by Gasteiger charge is 2.27. The monoisotopic (exact) mass is 184 g/mol. The van der Waals surface area contributed by atoms with E-state index in [0.29, 0.717) is 6.54 Å². The zero-order valence-electron chi connectivity index (χ0n) is 7.93. The van der Waals surface area contributed by atoms with Gasteiger partial charge in [0, 0.05) is 24.0 Å². The second kappa shape index (κ2) is 5.07. The van der Waals surface area contributed by atoms with Gasteiger partial charge in [-0.2, -0.15) is 0 Å². The molecule has 0 bridgehead atoms. The molecule has 1 saturated heterocycles. The van der Waals surface area contributed by atoms with E-state index < -0.39 is 0 Å². The van der Waals surface area contributed by atoms with Crippen LogP contribution in [0.2, 0.25) is 0 Å². The highest BCUT2D eigenvalue weighted by molar-refractivity contribution is 4.83. The molecule has 1 aliphatic heterocycles. The lowest BCUT2D eigenvalue weighted by Crippen LogP contribution is -2.38.